The molecule has 1 aliphatic rings. The molecule has 1 aliphatic carbocycles. The fourth-order valence-corrected chi connectivity index (χ4v) is 1.02. The summed E-state index contributed by atoms with van der Waals surface area (Å²) in [6.45, 7) is 1.97. The molecule has 64 valence electrons. The molecule has 0 aliphatic heterocycles. The lowest BCUT2D eigenvalue weighted by molar-refractivity contribution is 0.771. The molecule has 0 aromatic carbocycles. The van der Waals surface area contributed by atoms with Crippen LogP contribution in [0.15, 0.2) is 23.8 Å². The van der Waals surface area contributed by atoms with E-state index in [4.69, 9.17) is 5.73 Å². The number of nitrogens with two attached hydrogens (primary N) is 1. The van der Waals surface area contributed by atoms with E-state index in [1.54, 1.807) is 0 Å². The number of hydrogen-bond acceptors (Lipinski definition) is 1. The highest BCUT2D eigenvalue weighted by molar-refractivity contribution is 5.39. The first-order chi connectivity index (χ1) is 5.79. The molecule has 0 fully saturated rings. The first-order valence-corrected chi connectivity index (χ1v) is 4.40. The third kappa shape index (κ3) is 3.41. The van der Waals surface area contributed by atoms with Crippen molar-refractivity contribution in [2.24, 2.45) is 5.73 Å². The zero-order chi connectivity index (χ0) is 8.81. The minimum Gasteiger partial charge on any atom is -0.327 e. The quantitative estimate of drug-likeness (QED) is 0.585. The van der Waals surface area contributed by atoms with E-state index in [1.165, 1.54) is 0 Å². The van der Waals surface area contributed by atoms with Crippen LogP contribution in [-0.4, -0.2) is 6.04 Å². The van der Waals surface area contributed by atoms with Gasteiger partial charge in [0.2, 0.25) is 0 Å². The summed E-state index contributed by atoms with van der Waals surface area (Å²) in [6, 6.07) is 0.186. The predicted molar refractivity (Wildman–Crippen MR) is 52.5 cm³/mol. The van der Waals surface area contributed by atoms with Gasteiger partial charge in [-0.3, -0.25) is 0 Å². The summed E-state index contributed by atoms with van der Waals surface area (Å²) < 4.78 is 0. The SMILES string of the molecule is C[C@H](N)CC#CC1=CCCC=C1. The third-order valence-electron chi connectivity index (χ3n) is 1.65. The van der Waals surface area contributed by atoms with E-state index < -0.39 is 0 Å². The molecule has 0 heterocycles. The lowest BCUT2D eigenvalue weighted by atomic mass is 10.1. The van der Waals surface area contributed by atoms with Gasteiger partial charge in [-0.05, 0) is 19.8 Å². The highest BCUT2D eigenvalue weighted by Gasteiger charge is 1.92. The van der Waals surface area contributed by atoms with Crippen molar-refractivity contribution >= 4 is 0 Å². The van der Waals surface area contributed by atoms with Crippen LogP contribution in [0.2, 0.25) is 0 Å². The second kappa shape index (κ2) is 4.79. The number of hydrogen-bond donors (Lipinski definition) is 1. The summed E-state index contributed by atoms with van der Waals surface area (Å²) in [5.74, 6) is 6.16. The van der Waals surface area contributed by atoms with Crippen LogP contribution in [0.25, 0.3) is 0 Å². The topological polar surface area (TPSA) is 26.0 Å². The minimum atomic E-state index is 0.186. The van der Waals surface area contributed by atoms with Crippen LogP contribution >= 0.6 is 0 Å². The van der Waals surface area contributed by atoms with Crippen molar-refractivity contribution in [1.82, 2.24) is 0 Å². The Balaban J connectivity index is 2.42. The molecule has 1 nitrogen and oxygen atoms in total. The lowest BCUT2D eigenvalue weighted by Gasteiger charge is -1.98. The van der Waals surface area contributed by atoms with Gasteiger partial charge in [0.25, 0.3) is 0 Å². The Bertz CT molecular complexity index is 248. The van der Waals surface area contributed by atoms with Gasteiger partial charge in [-0.25, -0.2) is 0 Å². The van der Waals surface area contributed by atoms with E-state index in [2.05, 4.69) is 30.1 Å². The Morgan fingerprint density at radius 2 is 2.42 bits per heavy atom. The third-order valence-corrected chi connectivity index (χ3v) is 1.65. The molecule has 0 saturated carbocycles. The molecule has 0 spiro atoms. The Labute approximate surface area is 74.3 Å². The van der Waals surface area contributed by atoms with Gasteiger partial charge in [0.05, 0.1) is 0 Å². The van der Waals surface area contributed by atoms with E-state index in [0.717, 1.165) is 24.8 Å². The number of rotatable bonds is 1. The maximum absolute atomic E-state index is 5.57. The van der Waals surface area contributed by atoms with Crippen LogP contribution in [0, 0.1) is 11.8 Å². The zero-order valence-corrected chi connectivity index (χ0v) is 7.51. The second-order valence-electron chi connectivity index (χ2n) is 3.12. The van der Waals surface area contributed by atoms with Crippen LogP contribution in [-0.2, 0) is 0 Å². The standard InChI is InChI=1S/C11H15N/c1-10(12)6-5-9-11-7-3-2-4-8-11/h3,7-8,10H,2,4,6,12H2,1H3/t10-/m0/s1. The molecular weight excluding hydrogens is 146 g/mol. The summed E-state index contributed by atoms with van der Waals surface area (Å²) in [5, 5.41) is 0. The Hall–Kier alpha value is -1.00. The maximum atomic E-state index is 5.57. The first kappa shape index (κ1) is 9.09. The average molecular weight is 161 g/mol. The van der Waals surface area contributed by atoms with Crippen molar-refractivity contribution in [3.63, 3.8) is 0 Å². The van der Waals surface area contributed by atoms with Crippen LogP contribution in [0.1, 0.15) is 26.2 Å². The van der Waals surface area contributed by atoms with Gasteiger partial charge < -0.3 is 5.73 Å². The van der Waals surface area contributed by atoms with E-state index in [9.17, 15) is 0 Å². The van der Waals surface area contributed by atoms with Crippen molar-refractivity contribution in [1.29, 1.82) is 0 Å². The maximum Gasteiger partial charge on any atom is 0.0242 e. The van der Waals surface area contributed by atoms with Gasteiger partial charge in [0.1, 0.15) is 0 Å². The van der Waals surface area contributed by atoms with E-state index in [-0.39, 0.29) is 6.04 Å². The van der Waals surface area contributed by atoms with Gasteiger partial charge in [0, 0.05) is 18.0 Å². The molecule has 1 rings (SSSR count). The zero-order valence-electron chi connectivity index (χ0n) is 7.51. The summed E-state index contributed by atoms with van der Waals surface area (Å²) in [5.41, 5.74) is 6.71. The van der Waals surface area contributed by atoms with Crippen molar-refractivity contribution in [2.45, 2.75) is 32.2 Å². The molecule has 0 saturated heterocycles. The monoisotopic (exact) mass is 161 g/mol. The lowest BCUT2D eigenvalue weighted by Crippen LogP contribution is -2.12. The number of allylic oxidation sites excluding steroid dienone is 4. The highest BCUT2D eigenvalue weighted by Crippen LogP contribution is 2.07. The van der Waals surface area contributed by atoms with Gasteiger partial charge in [-0.1, -0.05) is 30.1 Å². The van der Waals surface area contributed by atoms with E-state index in [1.807, 2.05) is 6.92 Å². The smallest absolute Gasteiger partial charge is 0.0242 e. The Kier molecular flexibility index (Phi) is 3.63. The fraction of sp³-hybridized carbons (Fsp3) is 0.455. The molecule has 1 atom stereocenters. The van der Waals surface area contributed by atoms with Gasteiger partial charge in [-0.2, -0.15) is 0 Å². The largest absolute Gasteiger partial charge is 0.327 e. The van der Waals surface area contributed by atoms with Crippen molar-refractivity contribution in [3.05, 3.63) is 23.8 Å². The van der Waals surface area contributed by atoms with Crippen molar-refractivity contribution in [3.8, 4) is 11.8 Å². The van der Waals surface area contributed by atoms with Crippen LogP contribution < -0.4 is 5.73 Å². The Morgan fingerprint density at radius 1 is 1.58 bits per heavy atom. The summed E-state index contributed by atoms with van der Waals surface area (Å²) in [7, 11) is 0. The van der Waals surface area contributed by atoms with Gasteiger partial charge in [-0.15, -0.1) is 0 Å². The summed E-state index contributed by atoms with van der Waals surface area (Å²) >= 11 is 0. The molecule has 0 unspecified atom stereocenters. The van der Waals surface area contributed by atoms with Crippen LogP contribution in [0.4, 0.5) is 0 Å². The Morgan fingerprint density at radius 3 is 3.00 bits per heavy atom. The highest BCUT2D eigenvalue weighted by atomic mass is 14.6. The molecule has 0 amide bonds. The average Bonchev–Trinajstić information content (AvgIpc) is 2.05. The van der Waals surface area contributed by atoms with Crippen molar-refractivity contribution in [2.75, 3.05) is 0 Å². The predicted octanol–water partition coefficient (Wildman–Crippen LogP) is 2.00. The summed E-state index contributed by atoms with van der Waals surface area (Å²) in [4.78, 5) is 0. The van der Waals surface area contributed by atoms with Crippen LogP contribution in [0.5, 0.6) is 0 Å². The first-order valence-electron chi connectivity index (χ1n) is 4.40. The second-order valence-corrected chi connectivity index (χ2v) is 3.12. The molecule has 0 bridgehead atoms. The normalized spacial score (nSPS) is 17.7. The van der Waals surface area contributed by atoms with Gasteiger partial charge in [0.15, 0.2) is 0 Å². The molecule has 0 aromatic heterocycles. The van der Waals surface area contributed by atoms with Crippen molar-refractivity contribution < 1.29 is 0 Å². The molecule has 12 heavy (non-hydrogen) atoms. The molecular formula is C11H15N. The van der Waals surface area contributed by atoms with Crippen LogP contribution in [0.3, 0.4) is 0 Å². The minimum absolute atomic E-state index is 0.186. The van der Waals surface area contributed by atoms with Gasteiger partial charge >= 0.3 is 0 Å². The van der Waals surface area contributed by atoms with E-state index >= 15 is 0 Å². The molecule has 2 N–H and O–H groups in total. The molecule has 1 heteroatoms. The summed E-state index contributed by atoms with van der Waals surface area (Å²) in [6.07, 6.45) is 9.48. The molecule has 0 radical (unpaired) electrons. The van der Waals surface area contributed by atoms with E-state index in [0.29, 0.717) is 0 Å². The fourth-order valence-electron chi connectivity index (χ4n) is 1.02. The molecule has 0 aromatic rings.